The molecule has 3 saturated heterocycles. The van der Waals surface area contributed by atoms with E-state index in [0.717, 1.165) is 0 Å². The molecule has 3 aliphatic rings. The summed E-state index contributed by atoms with van der Waals surface area (Å²) in [4.78, 5) is 0. The molecule has 3 fully saturated rings. The lowest BCUT2D eigenvalue weighted by Crippen LogP contribution is -2.35. The van der Waals surface area contributed by atoms with Gasteiger partial charge < -0.3 is 24.1 Å². The molecule has 0 aromatic heterocycles. The first-order valence-corrected chi connectivity index (χ1v) is 4.88. The highest BCUT2D eigenvalue weighted by Gasteiger charge is 2.59. The topological polar surface area (TPSA) is 57.2 Å². The molecule has 3 aliphatic heterocycles. The zero-order valence-corrected chi connectivity index (χ0v) is 8.17. The summed E-state index contributed by atoms with van der Waals surface area (Å²) in [6.07, 6.45) is -1.62. The highest BCUT2D eigenvalue weighted by atomic mass is 16.8. The van der Waals surface area contributed by atoms with Crippen molar-refractivity contribution in [2.24, 2.45) is 0 Å². The zero-order valence-electron chi connectivity index (χ0n) is 8.17. The molecule has 5 nitrogen and oxygen atoms in total. The molecule has 3 heterocycles. The maximum absolute atomic E-state index is 9.52. The Balaban J connectivity index is 1.80. The molecule has 0 saturated carbocycles. The Morgan fingerprint density at radius 2 is 1.93 bits per heavy atom. The van der Waals surface area contributed by atoms with Crippen LogP contribution in [0.5, 0.6) is 0 Å². The number of rotatable bonds is 0. The van der Waals surface area contributed by atoms with Crippen LogP contribution in [0, 0.1) is 0 Å². The van der Waals surface area contributed by atoms with Gasteiger partial charge >= 0.3 is 0 Å². The van der Waals surface area contributed by atoms with Crippen molar-refractivity contribution in [2.45, 2.75) is 50.3 Å². The van der Waals surface area contributed by atoms with Gasteiger partial charge in [-0.25, -0.2) is 0 Å². The van der Waals surface area contributed by atoms with E-state index in [9.17, 15) is 5.11 Å². The molecule has 0 aliphatic carbocycles. The van der Waals surface area contributed by atoms with Crippen molar-refractivity contribution in [1.82, 2.24) is 0 Å². The summed E-state index contributed by atoms with van der Waals surface area (Å²) in [5.74, 6) is -0.614. The van der Waals surface area contributed by atoms with E-state index in [1.807, 2.05) is 13.8 Å². The fourth-order valence-electron chi connectivity index (χ4n) is 2.31. The predicted octanol–water partition coefficient (Wildman–Crippen LogP) is -0.378. The fourth-order valence-corrected chi connectivity index (χ4v) is 2.31. The zero-order chi connectivity index (χ0) is 9.92. The van der Waals surface area contributed by atoms with Gasteiger partial charge in [-0.05, 0) is 13.8 Å². The Morgan fingerprint density at radius 3 is 2.71 bits per heavy atom. The third-order valence-corrected chi connectivity index (χ3v) is 2.87. The third-order valence-electron chi connectivity index (χ3n) is 2.87. The maximum Gasteiger partial charge on any atom is 0.190 e. The van der Waals surface area contributed by atoms with Crippen LogP contribution in [0.3, 0.4) is 0 Å². The minimum Gasteiger partial charge on any atom is -0.388 e. The molecule has 14 heavy (non-hydrogen) atoms. The van der Waals surface area contributed by atoms with E-state index >= 15 is 0 Å². The molecule has 0 bridgehead atoms. The van der Waals surface area contributed by atoms with Crippen molar-refractivity contribution in [3.8, 4) is 0 Å². The normalized spacial score (nSPS) is 54.6. The van der Waals surface area contributed by atoms with Gasteiger partial charge in [0, 0.05) is 0 Å². The summed E-state index contributed by atoms with van der Waals surface area (Å²) in [7, 11) is 0. The van der Waals surface area contributed by atoms with Gasteiger partial charge in [-0.1, -0.05) is 0 Å². The van der Waals surface area contributed by atoms with Crippen LogP contribution >= 0.6 is 0 Å². The molecule has 0 aromatic carbocycles. The van der Waals surface area contributed by atoms with Gasteiger partial charge in [0.05, 0.1) is 6.61 Å². The average molecular weight is 202 g/mol. The number of ether oxygens (including phenoxy) is 4. The van der Waals surface area contributed by atoms with Crippen molar-refractivity contribution < 1.29 is 24.1 Å². The Morgan fingerprint density at radius 1 is 1.14 bits per heavy atom. The molecular weight excluding hydrogens is 188 g/mol. The molecule has 80 valence electrons. The number of aliphatic hydroxyl groups excluding tert-OH is 1. The lowest BCUT2D eigenvalue weighted by Gasteiger charge is -2.21. The van der Waals surface area contributed by atoms with Crippen LogP contribution in [0.2, 0.25) is 0 Å². The molecule has 1 unspecified atom stereocenters. The van der Waals surface area contributed by atoms with Gasteiger partial charge in [-0.3, -0.25) is 0 Å². The second kappa shape index (κ2) is 2.68. The van der Waals surface area contributed by atoms with Crippen LogP contribution < -0.4 is 0 Å². The van der Waals surface area contributed by atoms with Crippen LogP contribution in [-0.4, -0.2) is 48.2 Å². The van der Waals surface area contributed by atoms with Crippen molar-refractivity contribution in [3.05, 3.63) is 0 Å². The van der Waals surface area contributed by atoms with E-state index in [0.29, 0.717) is 6.61 Å². The van der Waals surface area contributed by atoms with Crippen molar-refractivity contribution in [3.63, 3.8) is 0 Å². The summed E-state index contributed by atoms with van der Waals surface area (Å²) in [5, 5.41) is 9.52. The molecular formula is C9H14O5. The largest absolute Gasteiger partial charge is 0.388 e. The fraction of sp³-hybridized carbons (Fsp3) is 1.00. The Kier molecular flexibility index (Phi) is 1.73. The number of fused-ring (bicyclic) bond motifs is 3. The van der Waals surface area contributed by atoms with Crippen molar-refractivity contribution in [2.75, 3.05) is 6.61 Å². The lowest BCUT2D eigenvalue weighted by atomic mass is 10.1. The van der Waals surface area contributed by atoms with Gasteiger partial charge in [0.1, 0.15) is 24.4 Å². The van der Waals surface area contributed by atoms with E-state index in [-0.39, 0.29) is 18.3 Å². The minimum absolute atomic E-state index is 0.184. The number of hydrogen-bond donors (Lipinski definition) is 1. The van der Waals surface area contributed by atoms with Crippen LogP contribution in [0.15, 0.2) is 0 Å². The van der Waals surface area contributed by atoms with E-state index in [2.05, 4.69) is 0 Å². The van der Waals surface area contributed by atoms with Gasteiger partial charge in [0.2, 0.25) is 0 Å². The standard InChI is InChI=1S/C9H14O5/c1-9(2)13-7-6-5(4(10)3-11-6)12-8(7)14-9/h4-8,10H,3H2,1-2H3/t4-,5?,6+,7-,8-/m1/s1. The summed E-state index contributed by atoms with van der Waals surface area (Å²) < 4.78 is 22.1. The summed E-state index contributed by atoms with van der Waals surface area (Å²) in [5.41, 5.74) is 0. The average Bonchev–Trinajstić information content (AvgIpc) is 2.63. The van der Waals surface area contributed by atoms with Gasteiger partial charge in [-0.2, -0.15) is 0 Å². The van der Waals surface area contributed by atoms with Crippen LogP contribution in [0.4, 0.5) is 0 Å². The smallest absolute Gasteiger partial charge is 0.190 e. The predicted molar refractivity (Wildman–Crippen MR) is 44.4 cm³/mol. The molecule has 5 heteroatoms. The molecule has 0 spiro atoms. The Labute approximate surface area is 81.9 Å². The maximum atomic E-state index is 9.52. The minimum atomic E-state index is -0.614. The van der Waals surface area contributed by atoms with E-state index in [1.165, 1.54) is 0 Å². The van der Waals surface area contributed by atoms with E-state index in [1.54, 1.807) is 0 Å². The van der Waals surface area contributed by atoms with E-state index in [4.69, 9.17) is 18.9 Å². The van der Waals surface area contributed by atoms with Gasteiger partial charge in [0.25, 0.3) is 0 Å². The van der Waals surface area contributed by atoms with E-state index < -0.39 is 18.2 Å². The molecule has 0 radical (unpaired) electrons. The van der Waals surface area contributed by atoms with Crippen LogP contribution in [0.25, 0.3) is 0 Å². The second-order valence-electron chi connectivity index (χ2n) is 4.43. The van der Waals surface area contributed by atoms with Crippen molar-refractivity contribution in [1.29, 1.82) is 0 Å². The number of aliphatic hydroxyl groups is 1. The quantitative estimate of drug-likeness (QED) is 0.580. The SMILES string of the molecule is CC1(C)O[C@H]2OC3[C@H](O)CO[C@@H]3[C@H]2O1. The summed E-state index contributed by atoms with van der Waals surface area (Å²) in [6, 6.07) is 0. The molecule has 5 atom stereocenters. The first-order valence-electron chi connectivity index (χ1n) is 4.88. The first kappa shape index (κ1) is 9.06. The monoisotopic (exact) mass is 202 g/mol. The number of hydrogen-bond acceptors (Lipinski definition) is 5. The Hall–Kier alpha value is -0.200. The highest BCUT2D eigenvalue weighted by Crippen LogP contribution is 2.41. The van der Waals surface area contributed by atoms with Gasteiger partial charge in [0.15, 0.2) is 12.1 Å². The molecule has 0 amide bonds. The highest BCUT2D eigenvalue weighted by molar-refractivity contribution is 5.00. The molecule has 3 rings (SSSR count). The molecule has 1 N–H and O–H groups in total. The third kappa shape index (κ3) is 1.14. The van der Waals surface area contributed by atoms with Crippen LogP contribution in [0.1, 0.15) is 13.8 Å². The van der Waals surface area contributed by atoms with Crippen LogP contribution in [-0.2, 0) is 18.9 Å². The summed E-state index contributed by atoms with van der Waals surface area (Å²) in [6.45, 7) is 4.01. The van der Waals surface area contributed by atoms with Crippen molar-refractivity contribution >= 4 is 0 Å². The summed E-state index contributed by atoms with van der Waals surface area (Å²) >= 11 is 0. The molecule has 0 aromatic rings. The Bertz CT molecular complexity index is 254. The first-order chi connectivity index (χ1) is 6.57. The second-order valence-corrected chi connectivity index (χ2v) is 4.43. The van der Waals surface area contributed by atoms with Gasteiger partial charge in [-0.15, -0.1) is 0 Å². The lowest BCUT2D eigenvalue weighted by molar-refractivity contribution is -0.214.